The Balaban J connectivity index is 2.10. The number of carbonyl (C=O) groups excluding carboxylic acids is 1. The van der Waals surface area contributed by atoms with Crippen LogP contribution in [0.15, 0.2) is 54.6 Å². The van der Waals surface area contributed by atoms with Gasteiger partial charge in [0.05, 0.1) is 6.10 Å². The van der Waals surface area contributed by atoms with E-state index < -0.39 is 0 Å². The molecule has 0 fully saturated rings. The predicted molar refractivity (Wildman–Crippen MR) is 86.7 cm³/mol. The molecule has 0 aliphatic heterocycles. The molecule has 0 saturated carbocycles. The second-order valence-corrected chi connectivity index (χ2v) is 5.30. The third kappa shape index (κ3) is 4.60. The van der Waals surface area contributed by atoms with Crippen molar-refractivity contribution in [3.8, 4) is 5.75 Å². The molecule has 0 aliphatic carbocycles. The Labute approximate surface area is 126 Å². The van der Waals surface area contributed by atoms with Gasteiger partial charge in [0.15, 0.2) is 5.78 Å². The zero-order valence-corrected chi connectivity index (χ0v) is 12.7. The topological polar surface area (TPSA) is 26.3 Å². The van der Waals surface area contributed by atoms with E-state index in [2.05, 4.69) is 0 Å². The van der Waals surface area contributed by atoms with Crippen LogP contribution in [0.1, 0.15) is 35.3 Å². The Morgan fingerprint density at radius 3 is 2.48 bits per heavy atom. The molecule has 108 valence electrons. The summed E-state index contributed by atoms with van der Waals surface area (Å²) in [6.45, 7) is 5.98. The smallest absolute Gasteiger partial charge is 0.185 e. The molecule has 0 amide bonds. The van der Waals surface area contributed by atoms with Gasteiger partial charge in [-0.1, -0.05) is 48.0 Å². The summed E-state index contributed by atoms with van der Waals surface area (Å²) in [5, 5.41) is 0. The summed E-state index contributed by atoms with van der Waals surface area (Å²) in [7, 11) is 0. The number of ketones is 1. The van der Waals surface area contributed by atoms with Crippen LogP contribution in [0.5, 0.6) is 5.75 Å². The third-order valence-corrected chi connectivity index (χ3v) is 2.99. The van der Waals surface area contributed by atoms with E-state index >= 15 is 0 Å². The maximum Gasteiger partial charge on any atom is 0.185 e. The first-order chi connectivity index (χ1) is 10.0. The van der Waals surface area contributed by atoms with Gasteiger partial charge in [-0.15, -0.1) is 0 Å². The van der Waals surface area contributed by atoms with Gasteiger partial charge in [0.2, 0.25) is 0 Å². The summed E-state index contributed by atoms with van der Waals surface area (Å²) in [6, 6.07) is 15.3. The van der Waals surface area contributed by atoms with Crippen LogP contribution in [0.3, 0.4) is 0 Å². The van der Waals surface area contributed by atoms with Crippen LogP contribution in [0.4, 0.5) is 0 Å². The molecule has 0 bridgehead atoms. The van der Waals surface area contributed by atoms with E-state index in [9.17, 15) is 4.79 Å². The molecule has 0 N–H and O–H groups in total. The molecule has 2 aromatic carbocycles. The number of aryl methyl sites for hydroxylation is 1. The highest BCUT2D eigenvalue weighted by Crippen LogP contribution is 2.16. The van der Waals surface area contributed by atoms with Crippen molar-refractivity contribution < 1.29 is 9.53 Å². The number of rotatable bonds is 5. The lowest BCUT2D eigenvalue weighted by Crippen LogP contribution is -2.05. The van der Waals surface area contributed by atoms with Gasteiger partial charge in [-0.3, -0.25) is 4.79 Å². The van der Waals surface area contributed by atoms with Crippen LogP contribution < -0.4 is 4.74 Å². The van der Waals surface area contributed by atoms with E-state index in [1.807, 2.05) is 75.4 Å². The Bertz CT molecular complexity index is 637. The average Bonchev–Trinajstić information content (AvgIpc) is 2.45. The quantitative estimate of drug-likeness (QED) is 0.587. The van der Waals surface area contributed by atoms with Crippen molar-refractivity contribution in [2.24, 2.45) is 0 Å². The average molecular weight is 280 g/mol. The van der Waals surface area contributed by atoms with Gasteiger partial charge < -0.3 is 4.74 Å². The zero-order valence-electron chi connectivity index (χ0n) is 12.7. The van der Waals surface area contributed by atoms with Crippen LogP contribution in [0.2, 0.25) is 0 Å². The van der Waals surface area contributed by atoms with Gasteiger partial charge in [-0.25, -0.2) is 0 Å². The Hall–Kier alpha value is -2.35. The van der Waals surface area contributed by atoms with Gasteiger partial charge in [0, 0.05) is 5.56 Å². The number of hydrogen-bond donors (Lipinski definition) is 0. The highest BCUT2D eigenvalue weighted by atomic mass is 16.5. The maximum absolute atomic E-state index is 12.1. The molecule has 0 unspecified atom stereocenters. The molecule has 2 aromatic rings. The molecule has 0 radical (unpaired) electrons. The number of hydrogen-bond acceptors (Lipinski definition) is 2. The first-order valence-corrected chi connectivity index (χ1v) is 7.10. The molecule has 0 spiro atoms. The highest BCUT2D eigenvalue weighted by Gasteiger charge is 2.01. The van der Waals surface area contributed by atoms with Crippen molar-refractivity contribution in [3.05, 3.63) is 71.3 Å². The lowest BCUT2D eigenvalue weighted by atomic mass is 10.1. The summed E-state index contributed by atoms with van der Waals surface area (Å²) >= 11 is 0. The van der Waals surface area contributed by atoms with Gasteiger partial charge in [-0.05, 0) is 44.5 Å². The molecule has 21 heavy (non-hydrogen) atoms. The van der Waals surface area contributed by atoms with Crippen LogP contribution in [0.25, 0.3) is 6.08 Å². The molecular weight excluding hydrogens is 260 g/mol. The Morgan fingerprint density at radius 1 is 1.10 bits per heavy atom. The maximum atomic E-state index is 12.1. The molecular formula is C19H20O2. The van der Waals surface area contributed by atoms with E-state index in [1.54, 1.807) is 6.08 Å². The SMILES string of the molecule is Cc1ccc(C(=O)/C=C/c2cccc(OC(C)C)c2)cc1. The van der Waals surface area contributed by atoms with Crippen molar-refractivity contribution in [3.63, 3.8) is 0 Å². The molecule has 0 atom stereocenters. The van der Waals surface area contributed by atoms with E-state index in [1.165, 1.54) is 0 Å². The third-order valence-electron chi connectivity index (χ3n) is 2.99. The van der Waals surface area contributed by atoms with E-state index in [0.717, 1.165) is 16.9 Å². The summed E-state index contributed by atoms with van der Waals surface area (Å²) in [4.78, 5) is 12.1. The molecule has 0 saturated heterocycles. The summed E-state index contributed by atoms with van der Waals surface area (Å²) in [5.41, 5.74) is 2.80. The zero-order chi connectivity index (χ0) is 15.2. The van der Waals surface area contributed by atoms with Crippen LogP contribution in [-0.2, 0) is 0 Å². The van der Waals surface area contributed by atoms with E-state index in [-0.39, 0.29) is 11.9 Å². The molecule has 0 aromatic heterocycles. The first-order valence-electron chi connectivity index (χ1n) is 7.10. The number of benzene rings is 2. The molecule has 2 nitrogen and oxygen atoms in total. The Kier molecular flexibility index (Phi) is 4.94. The van der Waals surface area contributed by atoms with Crippen molar-refractivity contribution in [1.29, 1.82) is 0 Å². The molecule has 2 heteroatoms. The van der Waals surface area contributed by atoms with Crippen molar-refractivity contribution in [2.75, 3.05) is 0 Å². The Morgan fingerprint density at radius 2 is 1.81 bits per heavy atom. The van der Waals surface area contributed by atoms with Crippen molar-refractivity contribution in [1.82, 2.24) is 0 Å². The lowest BCUT2D eigenvalue weighted by molar-refractivity contribution is 0.104. The minimum atomic E-state index is 0.00480. The summed E-state index contributed by atoms with van der Waals surface area (Å²) in [5.74, 6) is 0.820. The number of ether oxygens (including phenoxy) is 1. The monoisotopic (exact) mass is 280 g/mol. The number of allylic oxidation sites excluding steroid dienone is 1. The summed E-state index contributed by atoms with van der Waals surface area (Å²) in [6.07, 6.45) is 3.55. The van der Waals surface area contributed by atoms with Crippen LogP contribution in [0, 0.1) is 6.92 Å². The molecule has 0 aliphatic rings. The van der Waals surface area contributed by atoms with Gasteiger partial charge in [0.25, 0.3) is 0 Å². The second-order valence-electron chi connectivity index (χ2n) is 5.30. The van der Waals surface area contributed by atoms with Crippen LogP contribution >= 0.6 is 0 Å². The normalized spacial score (nSPS) is 11.0. The number of carbonyl (C=O) groups is 1. The second kappa shape index (κ2) is 6.89. The van der Waals surface area contributed by atoms with Gasteiger partial charge >= 0.3 is 0 Å². The van der Waals surface area contributed by atoms with Crippen molar-refractivity contribution in [2.45, 2.75) is 26.9 Å². The first kappa shape index (κ1) is 15.0. The molecule has 2 rings (SSSR count). The van der Waals surface area contributed by atoms with E-state index in [4.69, 9.17) is 4.74 Å². The predicted octanol–water partition coefficient (Wildman–Crippen LogP) is 4.68. The minimum absolute atomic E-state index is 0.00480. The van der Waals surface area contributed by atoms with Crippen molar-refractivity contribution >= 4 is 11.9 Å². The van der Waals surface area contributed by atoms with Crippen LogP contribution in [-0.4, -0.2) is 11.9 Å². The lowest BCUT2D eigenvalue weighted by Gasteiger charge is -2.09. The fourth-order valence-electron chi connectivity index (χ4n) is 1.95. The fraction of sp³-hybridized carbons (Fsp3) is 0.211. The standard InChI is InChI=1S/C19H20O2/c1-14(2)21-18-6-4-5-16(13-18)9-12-19(20)17-10-7-15(3)8-11-17/h4-14H,1-3H3/b12-9+. The minimum Gasteiger partial charge on any atom is -0.491 e. The fourth-order valence-corrected chi connectivity index (χ4v) is 1.95. The summed E-state index contributed by atoms with van der Waals surface area (Å²) < 4.78 is 5.64. The van der Waals surface area contributed by atoms with Gasteiger partial charge in [-0.2, -0.15) is 0 Å². The largest absolute Gasteiger partial charge is 0.491 e. The van der Waals surface area contributed by atoms with E-state index in [0.29, 0.717) is 5.56 Å². The highest BCUT2D eigenvalue weighted by molar-refractivity contribution is 6.06. The molecule has 0 heterocycles. The van der Waals surface area contributed by atoms with Gasteiger partial charge in [0.1, 0.15) is 5.75 Å².